The molecule has 1 atom stereocenters. The molecule has 0 saturated heterocycles. The maximum absolute atomic E-state index is 12.3. The third-order valence-corrected chi connectivity index (χ3v) is 6.16. The molecule has 0 aliphatic heterocycles. The van der Waals surface area contributed by atoms with Gasteiger partial charge in [0.15, 0.2) is 0 Å². The van der Waals surface area contributed by atoms with Crippen molar-refractivity contribution in [1.29, 1.82) is 0 Å². The number of aryl methyl sites for hydroxylation is 1. The van der Waals surface area contributed by atoms with Gasteiger partial charge in [-0.1, -0.05) is 81.5 Å². The number of nitrogens with zero attached hydrogens (tertiary/aromatic N) is 1. The first-order valence-electron chi connectivity index (χ1n) is 13.2. The Balaban J connectivity index is 1.63. The molecular weight excluding hydrogens is 422 g/mol. The Morgan fingerprint density at radius 1 is 0.853 bits per heavy atom. The molecule has 0 aliphatic carbocycles. The van der Waals surface area contributed by atoms with E-state index in [0.717, 1.165) is 42.6 Å². The summed E-state index contributed by atoms with van der Waals surface area (Å²) in [6.07, 6.45) is 10.5. The van der Waals surface area contributed by atoms with Crippen molar-refractivity contribution in [2.45, 2.75) is 90.9 Å². The molecule has 4 heteroatoms. The van der Waals surface area contributed by atoms with Gasteiger partial charge in [0.2, 0.25) is 6.29 Å². The zero-order valence-electron chi connectivity index (χ0n) is 21.9. The summed E-state index contributed by atoms with van der Waals surface area (Å²) in [5.74, 6) is 0.577. The van der Waals surface area contributed by atoms with Gasteiger partial charge >= 0.3 is 5.97 Å². The minimum atomic E-state index is -0.581. The summed E-state index contributed by atoms with van der Waals surface area (Å²) >= 11 is 0. The summed E-state index contributed by atoms with van der Waals surface area (Å²) in [6.45, 7) is 6.06. The van der Waals surface area contributed by atoms with E-state index in [2.05, 4.69) is 57.4 Å². The second-order valence-corrected chi connectivity index (χ2v) is 10.1. The number of benzene rings is 2. The van der Waals surface area contributed by atoms with Crippen LogP contribution in [0.1, 0.15) is 82.8 Å². The Morgan fingerprint density at radius 3 is 2.32 bits per heavy atom. The zero-order chi connectivity index (χ0) is 24.7. The summed E-state index contributed by atoms with van der Waals surface area (Å²) < 4.78 is 12.3. The molecular formula is C30H46NO3+. The maximum atomic E-state index is 12.3. The SMILES string of the molecule is CCCCCCCCc1cccc(OC(C)OC(=O)CCCC[N+](C)(C)Cc2ccccc2)c1. The second kappa shape index (κ2) is 15.5. The fourth-order valence-corrected chi connectivity index (χ4v) is 4.31. The van der Waals surface area contributed by atoms with E-state index in [-0.39, 0.29) is 5.97 Å². The van der Waals surface area contributed by atoms with Gasteiger partial charge in [-0.05, 0) is 43.4 Å². The van der Waals surface area contributed by atoms with E-state index in [9.17, 15) is 4.79 Å². The van der Waals surface area contributed by atoms with Crippen LogP contribution in [0.15, 0.2) is 54.6 Å². The minimum Gasteiger partial charge on any atom is -0.455 e. The smallest absolute Gasteiger partial charge is 0.308 e. The molecule has 4 nitrogen and oxygen atoms in total. The van der Waals surface area contributed by atoms with Crippen molar-refractivity contribution in [3.63, 3.8) is 0 Å². The van der Waals surface area contributed by atoms with E-state index >= 15 is 0 Å². The molecule has 0 heterocycles. The Kier molecular flexibility index (Phi) is 12.8. The van der Waals surface area contributed by atoms with Crippen LogP contribution in [0.3, 0.4) is 0 Å². The van der Waals surface area contributed by atoms with Crippen LogP contribution >= 0.6 is 0 Å². The van der Waals surface area contributed by atoms with Gasteiger partial charge < -0.3 is 14.0 Å². The number of carbonyl (C=O) groups excluding carboxylic acids is 1. The van der Waals surface area contributed by atoms with Crippen LogP contribution in [0.4, 0.5) is 0 Å². The number of hydrogen-bond donors (Lipinski definition) is 0. The van der Waals surface area contributed by atoms with E-state index < -0.39 is 6.29 Å². The predicted molar refractivity (Wildman–Crippen MR) is 141 cm³/mol. The van der Waals surface area contributed by atoms with Crippen LogP contribution in [-0.4, -0.2) is 37.4 Å². The van der Waals surface area contributed by atoms with Gasteiger partial charge in [-0.15, -0.1) is 0 Å². The van der Waals surface area contributed by atoms with Crippen molar-refractivity contribution in [2.24, 2.45) is 0 Å². The Morgan fingerprint density at radius 2 is 1.56 bits per heavy atom. The van der Waals surface area contributed by atoms with Gasteiger partial charge in [0, 0.05) is 18.9 Å². The molecule has 0 radical (unpaired) electrons. The lowest BCUT2D eigenvalue weighted by molar-refractivity contribution is -0.903. The standard InChI is InChI=1S/C30H46NO3/c1-5-6-7-8-9-11-17-27-20-16-21-29(24-27)33-26(2)34-30(32)22-14-15-23-31(3,4)25-28-18-12-10-13-19-28/h10,12-13,16,18-21,24,26H,5-9,11,14-15,17,22-23,25H2,1-4H3/q+1. The molecule has 0 amide bonds. The molecule has 2 aromatic rings. The lowest BCUT2D eigenvalue weighted by Crippen LogP contribution is -2.39. The summed E-state index contributed by atoms with van der Waals surface area (Å²) in [4.78, 5) is 12.3. The average molecular weight is 469 g/mol. The highest BCUT2D eigenvalue weighted by molar-refractivity contribution is 5.69. The fraction of sp³-hybridized carbons (Fsp3) is 0.567. The molecule has 2 aromatic carbocycles. The van der Waals surface area contributed by atoms with Crippen LogP contribution in [0.5, 0.6) is 5.75 Å². The molecule has 0 N–H and O–H groups in total. The van der Waals surface area contributed by atoms with Gasteiger partial charge in [-0.2, -0.15) is 0 Å². The number of carbonyl (C=O) groups is 1. The monoisotopic (exact) mass is 468 g/mol. The highest BCUT2D eigenvalue weighted by Crippen LogP contribution is 2.18. The highest BCUT2D eigenvalue weighted by Gasteiger charge is 2.16. The average Bonchev–Trinajstić information content (AvgIpc) is 2.79. The molecule has 0 spiro atoms. The molecule has 188 valence electrons. The molecule has 0 saturated carbocycles. The quantitative estimate of drug-likeness (QED) is 0.106. The highest BCUT2D eigenvalue weighted by atomic mass is 16.7. The first-order chi connectivity index (χ1) is 16.4. The number of rotatable bonds is 17. The number of ether oxygens (including phenoxy) is 2. The van der Waals surface area contributed by atoms with Crippen molar-refractivity contribution >= 4 is 5.97 Å². The molecule has 1 unspecified atom stereocenters. The third kappa shape index (κ3) is 12.2. The van der Waals surface area contributed by atoms with Crippen LogP contribution < -0.4 is 4.74 Å². The maximum Gasteiger partial charge on any atom is 0.308 e. The van der Waals surface area contributed by atoms with Gasteiger partial charge in [0.05, 0.1) is 20.6 Å². The summed E-state index contributed by atoms with van der Waals surface area (Å²) in [7, 11) is 4.48. The topological polar surface area (TPSA) is 35.5 Å². The van der Waals surface area contributed by atoms with Crippen molar-refractivity contribution in [3.05, 3.63) is 65.7 Å². The third-order valence-electron chi connectivity index (χ3n) is 6.16. The van der Waals surface area contributed by atoms with Crippen LogP contribution in [0.25, 0.3) is 0 Å². The van der Waals surface area contributed by atoms with E-state index in [4.69, 9.17) is 9.47 Å². The number of hydrogen-bond acceptors (Lipinski definition) is 3. The molecule has 0 bridgehead atoms. The molecule has 2 rings (SSSR count). The van der Waals surface area contributed by atoms with Gasteiger partial charge in [0.25, 0.3) is 0 Å². The molecule has 34 heavy (non-hydrogen) atoms. The largest absolute Gasteiger partial charge is 0.455 e. The van der Waals surface area contributed by atoms with Gasteiger partial charge in [0.1, 0.15) is 12.3 Å². The fourth-order valence-electron chi connectivity index (χ4n) is 4.31. The Labute approximate surface area is 207 Å². The van der Waals surface area contributed by atoms with Crippen molar-refractivity contribution < 1.29 is 18.8 Å². The lowest BCUT2D eigenvalue weighted by Gasteiger charge is -2.30. The number of unbranched alkanes of at least 4 members (excludes halogenated alkanes) is 6. The first kappa shape index (κ1) is 27.9. The summed E-state index contributed by atoms with van der Waals surface area (Å²) in [5, 5.41) is 0. The van der Waals surface area contributed by atoms with Gasteiger partial charge in [-0.25, -0.2) is 0 Å². The normalized spacial score (nSPS) is 12.4. The van der Waals surface area contributed by atoms with E-state index in [1.807, 2.05) is 18.2 Å². The minimum absolute atomic E-state index is 0.191. The van der Waals surface area contributed by atoms with Crippen molar-refractivity contribution in [2.75, 3.05) is 20.6 Å². The zero-order valence-corrected chi connectivity index (χ0v) is 21.9. The molecule has 0 aromatic heterocycles. The summed E-state index contributed by atoms with van der Waals surface area (Å²) in [5.41, 5.74) is 2.62. The van der Waals surface area contributed by atoms with Crippen molar-refractivity contribution in [3.8, 4) is 5.75 Å². The van der Waals surface area contributed by atoms with Crippen molar-refractivity contribution in [1.82, 2.24) is 0 Å². The summed E-state index contributed by atoms with van der Waals surface area (Å²) in [6, 6.07) is 18.7. The first-order valence-corrected chi connectivity index (χ1v) is 13.2. The van der Waals surface area contributed by atoms with E-state index in [1.165, 1.54) is 49.7 Å². The lowest BCUT2D eigenvalue weighted by atomic mass is 10.0. The molecule has 0 aliphatic rings. The van der Waals surface area contributed by atoms with Crippen LogP contribution in [0.2, 0.25) is 0 Å². The van der Waals surface area contributed by atoms with Gasteiger partial charge in [-0.3, -0.25) is 4.79 Å². The van der Waals surface area contributed by atoms with Crippen LogP contribution in [-0.2, 0) is 22.5 Å². The van der Waals surface area contributed by atoms with E-state index in [1.54, 1.807) is 6.92 Å². The Bertz CT molecular complexity index is 819. The number of quaternary nitrogens is 1. The Hall–Kier alpha value is -2.33. The number of esters is 1. The predicted octanol–water partition coefficient (Wildman–Crippen LogP) is 7.30. The van der Waals surface area contributed by atoms with E-state index in [0.29, 0.717) is 6.42 Å². The second-order valence-electron chi connectivity index (χ2n) is 10.1. The molecule has 0 fully saturated rings. The van der Waals surface area contributed by atoms with Crippen LogP contribution in [0, 0.1) is 0 Å².